The van der Waals surface area contributed by atoms with Crippen LogP contribution in [0, 0.1) is 15.9 Å². The molecule has 0 fully saturated rings. The Morgan fingerprint density at radius 2 is 2.00 bits per heavy atom. The van der Waals surface area contributed by atoms with Crippen LogP contribution in [0.3, 0.4) is 0 Å². The zero-order valence-corrected chi connectivity index (χ0v) is 11.6. The summed E-state index contributed by atoms with van der Waals surface area (Å²) in [7, 11) is 0. The first-order valence-electron chi connectivity index (χ1n) is 6.13. The van der Waals surface area contributed by atoms with E-state index >= 15 is 0 Å². The van der Waals surface area contributed by atoms with Gasteiger partial charge in [0.2, 0.25) is 0 Å². The molecular formula is C14H10FN3O2S. The van der Waals surface area contributed by atoms with Crippen molar-refractivity contribution in [1.82, 2.24) is 9.97 Å². The first kappa shape index (κ1) is 13.6. The molecule has 7 heteroatoms. The Kier molecular flexibility index (Phi) is 3.57. The molecule has 0 bridgehead atoms. The van der Waals surface area contributed by atoms with Gasteiger partial charge in [0.15, 0.2) is 5.16 Å². The van der Waals surface area contributed by atoms with E-state index in [4.69, 9.17) is 0 Å². The molecule has 0 saturated heterocycles. The van der Waals surface area contributed by atoms with Crippen LogP contribution in [0.5, 0.6) is 0 Å². The van der Waals surface area contributed by atoms with Crippen LogP contribution >= 0.6 is 11.8 Å². The second-order valence-electron chi connectivity index (χ2n) is 4.42. The molecule has 0 unspecified atom stereocenters. The number of halogens is 1. The number of non-ortho nitro benzene ring substituents is 1. The normalized spacial score (nSPS) is 10.9. The van der Waals surface area contributed by atoms with Crippen LogP contribution in [-0.2, 0) is 5.75 Å². The maximum absolute atomic E-state index is 12.8. The van der Waals surface area contributed by atoms with Crippen LogP contribution in [0.4, 0.5) is 10.1 Å². The lowest BCUT2D eigenvalue weighted by atomic mass is 10.2. The fourth-order valence-electron chi connectivity index (χ4n) is 1.89. The number of imidazole rings is 1. The third-order valence-corrected chi connectivity index (χ3v) is 3.89. The third-order valence-electron chi connectivity index (χ3n) is 2.94. The maximum atomic E-state index is 12.8. The van der Waals surface area contributed by atoms with Gasteiger partial charge in [0, 0.05) is 17.9 Å². The van der Waals surface area contributed by atoms with Gasteiger partial charge in [-0.2, -0.15) is 0 Å². The molecule has 0 spiro atoms. The zero-order chi connectivity index (χ0) is 14.8. The Labute approximate surface area is 123 Å². The number of fused-ring (bicyclic) bond motifs is 1. The molecule has 106 valence electrons. The van der Waals surface area contributed by atoms with Crippen molar-refractivity contribution in [1.29, 1.82) is 0 Å². The lowest BCUT2D eigenvalue weighted by Crippen LogP contribution is -1.86. The highest BCUT2D eigenvalue weighted by atomic mass is 32.2. The molecule has 0 saturated carbocycles. The number of rotatable bonds is 4. The highest BCUT2D eigenvalue weighted by Gasteiger charge is 2.10. The molecule has 21 heavy (non-hydrogen) atoms. The van der Waals surface area contributed by atoms with E-state index in [9.17, 15) is 14.5 Å². The number of aromatic amines is 1. The molecule has 1 aromatic heterocycles. The summed E-state index contributed by atoms with van der Waals surface area (Å²) >= 11 is 1.46. The minimum absolute atomic E-state index is 0.0289. The van der Waals surface area contributed by atoms with Gasteiger partial charge in [0.05, 0.1) is 16.0 Å². The number of thioether (sulfide) groups is 1. The van der Waals surface area contributed by atoms with Crippen LogP contribution in [0.2, 0.25) is 0 Å². The summed E-state index contributed by atoms with van der Waals surface area (Å²) in [5.41, 5.74) is 2.32. The summed E-state index contributed by atoms with van der Waals surface area (Å²) < 4.78 is 12.8. The number of nitro groups is 1. The van der Waals surface area contributed by atoms with E-state index in [1.165, 1.54) is 36.0 Å². The number of nitrogens with zero attached hydrogens (tertiary/aromatic N) is 2. The number of hydrogen-bond acceptors (Lipinski definition) is 4. The molecule has 3 rings (SSSR count). The van der Waals surface area contributed by atoms with Gasteiger partial charge in [-0.3, -0.25) is 10.1 Å². The Hall–Kier alpha value is -2.41. The molecule has 1 N–H and O–H groups in total. The average molecular weight is 303 g/mol. The van der Waals surface area contributed by atoms with Gasteiger partial charge in [0.25, 0.3) is 5.69 Å². The van der Waals surface area contributed by atoms with E-state index in [2.05, 4.69) is 9.97 Å². The Balaban J connectivity index is 1.78. The molecule has 1 heterocycles. The molecule has 0 aliphatic rings. The van der Waals surface area contributed by atoms with Crippen molar-refractivity contribution in [2.75, 3.05) is 0 Å². The number of nitro benzene ring substituents is 1. The first-order valence-corrected chi connectivity index (χ1v) is 7.12. The monoisotopic (exact) mass is 303 g/mol. The van der Waals surface area contributed by atoms with E-state index < -0.39 is 4.92 Å². The summed E-state index contributed by atoms with van der Waals surface area (Å²) in [4.78, 5) is 17.7. The molecule has 0 aliphatic heterocycles. The summed E-state index contributed by atoms with van der Waals surface area (Å²) in [6.45, 7) is 0. The lowest BCUT2D eigenvalue weighted by Gasteiger charge is -1.98. The van der Waals surface area contributed by atoms with Crippen molar-refractivity contribution < 1.29 is 9.31 Å². The van der Waals surface area contributed by atoms with Gasteiger partial charge in [-0.25, -0.2) is 9.37 Å². The van der Waals surface area contributed by atoms with E-state index in [-0.39, 0.29) is 11.5 Å². The molecule has 0 amide bonds. The zero-order valence-electron chi connectivity index (χ0n) is 10.7. The summed E-state index contributed by atoms with van der Waals surface area (Å²) in [5, 5.41) is 11.4. The minimum Gasteiger partial charge on any atom is -0.333 e. The lowest BCUT2D eigenvalue weighted by molar-refractivity contribution is -0.384. The topological polar surface area (TPSA) is 71.8 Å². The van der Waals surface area contributed by atoms with Crippen molar-refractivity contribution in [3.8, 4) is 0 Å². The fourth-order valence-corrected chi connectivity index (χ4v) is 2.73. The van der Waals surface area contributed by atoms with Crippen LogP contribution in [0.15, 0.2) is 47.6 Å². The predicted molar refractivity (Wildman–Crippen MR) is 78.7 cm³/mol. The van der Waals surface area contributed by atoms with E-state index in [0.717, 1.165) is 5.56 Å². The van der Waals surface area contributed by atoms with Gasteiger partial charge in [-0.05, 0) is 23.8 Å². The smallest absolute Gasteiger partial charge is 0.271 e. The SMILES string of the molecule is O=[N+]([O-])c1ccc2nc(SCc3ccc(F)cc3)[nH]c2c1. The minimum atomic E-state index is -0.439. The van der Waals surface area contributed by atoms with Crippen molar-refractivity contribution >= 4 is 28.5 Å². The molecule has 3 aromatic rings. The van der Waals surface area contributed by atoms with Crippen molar-refractivity contribution in [3.63, 3.8) is 0 Å². The summed E-state index contributed by atoms with van der Waals surface area (Å²) in [6, 6.07) is 10.8. The second-order valence-corrected chi connectivity index (χ2v) is 5.38. The quantitative estimate of drug-likeness (QED) is 0.451. The van der Waals surface area contributed by atoms with Gasteiger partial charge in [-0.15, -0.1) is 0 Å². The third kappa shape index (κ3) is 3.03. The number of benzene rings is 2. The summed E-state index contributed by atoms with van der Waals surface area (Å²) in [5.74, 6) is 0.377. The maximum Gasteiger partial charge on any atom is 0.271 e. The standard InChI is InChI=1S/C14H10FN3O2S/c15-10-3-1-9(2-4-10)8-21-14-16-12-6-5-11(18(19)20)7-13(12)17-14/h1-7H,8H2,(H,16,17). The van der Waals surface area contributed by atoms with Gasteiger partial charge in [-0.1, -0.05) is 23.9 Å². The molecule has 0 radical (unpaired) electrons. The number of nitrogens with one attached hydrogen (secondary N) is 1. The number of aromatic nitrogens is 2. The molecule has 2 aromatic carbocycles. The van der Waals surface area contributed by atoms with Gasteiger partial charge in [0.1, 0.15) is 5.82 Å². The molecule has 0 atom stereocenters. The van der Waals surface area contributed by atoms with E-state index in [1.54, 1.807) is 18.2 Å². The Morgan fingerprint density at radius 3 is 2.71 bits per heavy atom. The van der Waals surface area contributed by atoms with Gasteiger partial charge < -0.3 is 4.98 Å². The van der Waals surface area contributed by atoms with E-state index in [0.29, 0.717) is 21.9 Å². The fraction of sp³-hybridized carbons (Fsp3) is 0.0714. The largest absolute Gasteiger partial charge is 0.333 e. The average Bonchev–Trinajstić information content (AvgIpc) is 2.88. The highest BCUT2D eigenvalue weighted by molar-refractivity contribution is 7.98. The molecule has 0 aliphatic carbocycles. The number of H-pyrrole nitrogens is 1. The Morgan fingerprint density at radius 1 is 1.24 bits per heavy atom. The molecular weight excluding hydrogens is 293 g/mol. The first-order chi connectivity index (χ1) is 10.1. The Bertz CT molecular complexity index is 802. The van der Waals surface area contributed by atoms with Crippen LogP contribution in [0.1, 0.15) is 5.56 Å². The van der Waals surface area contributed by atoms with Crippen LogP contribution in [0.25, 0.3) is 11.0 Å². The van der Waals surface area contributed by atoms with Crippen LogP contribution < -0.4 is 0 Å². The predicted octanol–water partition coefficient (Wildman–Crippen LogP) is 3.90. The van der Waals surface area contributed by atoms with Crippen molar-refractivity contribution in [3.05, 3.63) is 64.0 Å². The second kappa shape index (κ2) is 5.53. The van der Waals surface area contributed by atoms with Crippen molar-refractivity contribution in [2.45, 2.75) is 10.9 Å². The molecule has 5 nitrogen and oxygen atoms in total. The van der Waals surface area contributed by atoms with Gasteiger partial charge >= 0.3 is 0 Å². The van der Waals surface area contributed by atoms with E-state index in [1.807, 2.05) is 0 Å². The number of hydrogen-bond donors (Lipinski definition) is 1. The van der Waals surface area contributed by atoms with Crippen molar-refractivity contribution in [2.24, 2.45) is 0 Å². The summed E-state index contributed by atoms with van der Waals surface area (Å²) in [6.07, 6.45) is 0. The highest BCUT2D eigenvalue weighted by Crippen LogP contribution is 2.25. The van der Waals surface area contributed by atoms with Crippen LogP contribution in [-0.4, -0.2) is 14.9 Å².